The zero-order valence-electron chi connectivity index (χ0n) is 13.2. The van der Waals surface area contributed by atoms with Crippen LogP contribution in [-0.4, -0.2) is 26.2 Å². The molecule has 0 saturated carbocycles. The zero-order valence-corrected chi connectivity index (χ0v) is 13.2. The van der Waals surface area contributed by atoms with Crippen molar-refractivity contribution in [2.24, 2.45) is 5.90 Å². The Balaban J connectivity index is 2.32. The van der Waals surface area contributed by atoms with E-state index in [9.17, 15) is 9.59 Å². The average Bonchev–Trinajstić information content (AvgIpc) is 2.65. The van der Waals surface area contributed by atoms with E-state index in [4.69, 9.17) is 20.1 Å². The highest BCUT2D eigenvalue weighted by Gasteiger charge is 2.27. The molecule has 0 aliphatic carbocycles. The number of rotatable bonds is 6. The maximum atomic E-state index is 12.7. The summed E-state index contributed by atoms with van der Waals surface area (Å²) in [6.07, 6.45) is -2.35. The Morgan fingerprint density at radius 2 is 1.38 bits per heavy atom. The number of hydrogen-bond acceptors (Lipinski definition) is 7. The lowest BCUT2D eigenvalue weighted by atomic mass is 9.99. The van der Waals surface area contributed by atoms with Gasteiger partial charge >= 0.3 is 6.16 Å². The van der Waals surface area contributed by atoms with Crippen molar-refractivity contribution >= 4 is 11.9 Å². The van der Waals surface area contributed by atoms with Crippen molar-refractivity contribution in [2.75, 3.05) is 14.2 Å². The van der Waals surface area contributed by atoms with Crippen molar-refractivity contribution in [2.45, 2.75) is 6.10 Å². The number of hydrogen-bond donors (Lipinski definition) is 1. The molecule has 24 heavy (non-hydrogen) atoms. The molecular formula is C17H17NO6. The van der Waals surface area contributed by atoms with Crippen LogP contribution in [0, 0.1) is 0 Å². The molecule has 0 heterocycles. The first-order valence-corrected chi connectivity index (χ1v) is 6.98. The Kier molecular flexibility index (Phi) is 5.75. The first-order valence-electron chi connectivity index (χ1n) is 6.98. The molecule has 0 saturated heterocycles. The van der Waals surface area contributed by atoms with Gasteiger partial charge in [-0.2, -0.15) is 5.90 Å². The Morgan fingerprint density at radius 1 is 0.875 bits per heavy atom. The van der Waals surface area contributed by atoms with Gasteiger partial charge in [-0.25, -0.2) is 4.79 Å². The number of Topliss-reactive ketones (excluding diaryl/α,β-unsaturated/α-hetero) is 1. The van der Waals surface area contributed by atoms with Crippen molar-refractivity contribution in [1.82, 2.24) is 0 Å². The van der Waals surface area contributed by atoms with Gasteiger partial charge in [-0.15, -0.1) is 0 Å². The maximum absolute atomic E-state index is 12.7. The van der Waals surface area contributed by atoms with Gasteiger partial charge in [0, 0.05) is 11.1 Å². The third-order valence-corrected chi connectivity index (χ3v) is 3.34. The summed E-state index contributed by atoms with van der Waals surface area (Å²) in [5, 5.41) is 0. The van der Waals surface area contributed by atoms with Gasteiger partial charge in [0.05, 0.1) is 14.2 Å². The normalized spacial score (nSPS) is 11.3. The zero-order chi connectivity index (χ0) is 17.5. The lowest BCUT2D eigenvalue weighted by Gasteiger charge is -2.16. The van der Waals surface area contributed by atoms with Gasteiger partial charge in [0.25, 0.3) is 0 Å². The molecule has 0 radical (unpaired) electrons. The van der Waals surface area contributed by atoms with Crippen LogP contribution in [0.2, 0.25) is 0 Å². The maximum Gasteiger partial charge on any atom is 0.528 e. The van der Waals surface area contributed by atoms with E-state index in [1.165, 1.54) is 14.2 Å². The fourth-order valence-corrected chi connectivity index (χ4v) is 2.08. The Labute approximate surface area is 138 Å². The van der Waals surface area contributed by atoms with Crippen LogP contribution < -0.4 is 15.4 Å². The smallest absolute Gasteiger partial charge is 0.497 e. The summed E-state index contributed by atoms with van der Waals surface area (Å²) >= 11 is 0. The lowest BCUT2D eigenvalue weighted by Crippen LogP contribution is -2.22. The topological polar surface area (TPSA) is 97.1 Å². The van der Waals surface area contributed by atoms with Crippen LogP contribution in [0.5, 0.6) is 11.5 Å². The summed E-state index contributed by atoms with van der Waals surface area (Å²) in [5.74, 6) is 5.59. The first kappa shape index (κ1) is 17.3. The molecule has 1 atom stereocenters. The molecule has 0 aliphatic rings. The molecule has 0 amide bonds. The van der Waals surface area contributed by atoms with E-state index in [-0.39, 0.29) is 0 Å². The van der Waals surface area contributed by atoms with E-state index >= 15 is 0 Å². The van der Waals surface area contributed by atoms with Crippen LogP contribution in [0.1, 0.15) is 22.0 Å². The Bertz CT molecular complexity index is 696. The largest absolute Gasteiger partial charge is 0.528 e. The summed E-state index contributed by atoms with van der Waals surface area (Å²) in [6, 6.07) is 13.0. The molecule has 2 N–H and O–H groups in total. The average molecular weight is 331 g/mol. The standard InChI is InChI=1S/C17H17NO6/c1-21-13-7-3-11(4-8-13)15(19)16(23-17(20)24-18)12-5-9-14(22-2)10-6-12/h3-10,16H,18H2,1-2H3. The van der Waals surface area contributed by atoms with Crippen molar-refractivity contribution in [3.63, 3.8) is 0 Å². The molecule has 7 nitrogen and oxygen atoms in total. The van der Waals surface area contributed by atoms with E-state index < -0.39 is 18.0 Å². The number of carbonyl (C=O) groups excluding carboxylic acids is 2. The van der Waals surface area contributed by atoms with E-state index in [2.05, 4.69) is 4.84 Å². The summed E-state index contributed by atoms with van der Waals surface area (Å²) in [5.41, 5.74) is 0.809. The van der Waals surface area contributed by atoms with Crippen molar-refractivity contribution in [3.05, 3.63) is 59.7 Å². The summed E-state index contributed by atoms with van der Waals surface area (Å²) < 4.78 is 15.1. The van der Waals surface area contributed by atoms with Gasteiger partial charge in [-0.3, -0.25) is 4.79 Å². The number of ketones is 1. The fourth-order valence-electron chi connectivity index (χ4n) is 2.08. The molecule has 0 bridgehead atoms. The van der Waals surface area contributed by atoms with Gasteiger partial charge in [0.1, 0.15) is 11.5 Å². The highest BCUT2D eigenvalue weighted by molar-refractivity contribution is 6.00. The first-order chi connectivity index (χ1) is 11.6. The summed E-state index contributed by atoms with van der Waals surface area (Å²) in [6.45, 7) is 0. The third-order valence-electron chi connectivity index (χ3n) is 3.34. The Morgan fingerprint density at radius 3 is 1.83 bits per heavy atom. The van der Waals surface area contributed by atoms with Crippen molar-refractivity contribution < 1.29 is 28.6 Å². The van der Waals surface area contributed by atoms with E-state index in [0.29, 0.717) is 22.6 Å². The fraction of sp³-hybridized carbons (Fsp3) is 0.176. The molecular weight excluding hydrogens is 314 g/mol. The number of nitrogens with two attached hydrogens (primary N) is 1. The summed E-state index contributed by atoms with van der Waals surface area (Å²) in [7, 11) is 3.05. The number of benzene rings is 2. The highest BCUT2D eigenvalue weighted by Crippen LogP contribution is 2.26. The summed E-state index contributed by atoms with van der Waals surface area (Å²) in [4.78, 5) is 28.1. The van der Waals surface area contributed by atoms with Crippen molar-refractivity contribution in [3.8, 4) is 11.5 Å². The Hall–Kier alpha value is -3.06. The van der Waals surface area contributed by atoms with E-state index in [0.717, 1.165) is 0 Å². The van der Waals surface area contributed by atoms with Gasteiger partial charge < -0.3 is 19.0 Å². The molecule has 0 aliphatic heterocycles. The molecule has 126 valence electrons. The number of ether oxygens (including phenoxy) is 3. The second-order valence-electron chi connectivity index (χ2n) is 4.73. The van der Waals surface area contributed by atoms with Crippen LogP contribution in [0.3, 0.4) is 0 Å². The van der Waals surface area contributed by atoms with Crippen LogP contribution in [0.25, 0.3) is 0 Å². The quantitative estimate of drug-likeness (QED) is 0.493. The minimum absolute atomic E-state index is 0.349. The van der Waals surface area contributed by atoms with Crippen LogP contribution >= 0.6 is 0 Å². The number of methoxy groups -OCH3 is 2. The van der Waals surface area contributed by atoms with Crippen LogP contribution in [0.4, 0.5) is 4.79 Å². The van der Waals surface area contributed by atoms with Gasteiger partial charge in [0.2, 0.25) is 5.78 Å². The SMILES string of the molecule is COc1ccc(C(=O)C(OC(=O)ON)c2ccc(OC)cc2)cc1. The van der Waals surface area contributed by atoms with E-state index in [1.807, 2.05) is 0 Å². The third kappa shape index (κ3) is 4.02. The predicted octanol–water partition coefficient (Wildman–Crippen LogP) is 2.65. The minimum Gasteiger partial charge on any atom is -0.497 e. The van der Waals surface area contributed by atoms with E-state index in [1.54, 1.807) is 48.5 Å². The number of carbonyl (C=O) groups is 2. The van der Waals surface area contributed by atoms with Gasteiger partial charge in [-0.1, -0.05) is 12.1 Å². The minimum atomic E-state index is -1.19. The molecule has 2 rings (SSSR count). The second kappa shape index (κ2) is 7.98. The lowest BCUT2D eigenvalue weighted by molar-refractivity contribution is 0.0219. The molecule has 0 spiro atoms. The van der Waals surface area contributed by atoms with Crippen molar-refractivity contribution in [1.29, 1.82) is 0 Å². The van der Waals surface area contributed by atoms with Gasteiger partial charge in [-0.05, 0) is 36.4 Å². The molecule has 7 heteroatoms. The molecule has 2 aromatic carbocycles. The van der Waals surface area contributed by atoms with Crippen LogP contribution in [-0.2, 0) is 9.57 Å². The highest BCUT2D eigenvalue weighted by atomic mass is 16.8. The monoisotopic (exact) mass is 331 g/mol. The predicted molar refractivity (Wildman–Crippen MR) is 84.8 cm³/mol. The molecule has 2 aromatic rings. The van der Waals surface area contributed by atoms with Crippen LogP contribution in [0.15, 0.2) is 48.5 Å². The molecule has 1 unspecified atom stereocenters. The molecule has 0 fully saturated rings. The van der Waals surface area contributed by atoms with Gasteiger partial charge in [0.15, 0.2) is 6.10 Å². The second-order valence-corrected chi connectivity index (χ2v) is 4.73. The molecule has 0 aromatic heterocycles.